The molecule has 1 aromatic rings. The fraction of sp³-hybridized carbons (Fsp3) is 0.435. The third-order valence-corrected chi connectivity index (χ3v) is 5.63. The van der Waals surface area contributed by atoms with E-state index in [1.165, 1.54) is 0 Å². The number of benzene rings is 1. The number of carbonyl (C=O) groups is 3. The quantitative estimate of drug-likeness (QED) is 0.620. The van der Waals surface area contributed by atoms with Crippen molar-refractivity contribution < 1.29 is 19.1 Å². The van der Waals surface area contributed by atoms with Crippen molar-refractivity contribution in [1.29, 1.82) is 0 Å². The van der Waals surface area contributed by atoms with Crippen molar-refractivity contribution in [1.82, 2.24) is 10.2 Å². The van der Waals surface area contributed by atoms with E-state index in [0.717, 1.165) is 24.8 Å². The maximum absolute atomic E-state index is 13.4. The van der Waals surface area contributed by atoms with Crippen LogP contribution in [0, 0.1) is 24.7 Å². The van der Waals surface area contributed by atoms with E-state index in [0.29, 0.717) is 18.7 Å². The number of hydrogen-bond donors (Lipinski definition) is 2. The Labute approximate surface area is 176 Å². The Kier molecular flexibility index (Phi) is 6.32. The molecule has 1 saturated carbocycles. The number of likely N-dealkylation sites (tertiary alicyclic amines) is 1. The molecule has 1 heterocycles. The largest absolute Gasteiger partial charge is 0.481 e. The van der Waals surface area contributed by atoms with Crippen molar-refractivity contribution in [2.24, 2.45) is 5.73 Å². The Hall–Kier alpha value is -3.45. The summed E-state index contributed by atoms with van der Waals surface area (Å²) in [5.41, 5.74) is 5.47. The molecule has 3 N–H and O–H groups in total. The highest BCUT2D eigenvalue weighted by Gasteiger charge is 2.55. The van der Waals surface area contributed by atoms with Crippen LogP contribution in [0.15, 0.2) is 24.3 Å². The molecule has 1 aromatic carbocycles. The number of terminal acetylenes is 2. The number of ether oxygens (including phenoxy) is 1. The fourth-order valence-corrected chi connectivity index (χ4v) is 3.92. The molecule has 7 nitrogen and oxygen atoms in total. The molecule has 0 spiro atoms. The third kappa shape index (κ3) is 4.41. The summed E-state index contributed by atoms with van der Waals surface area (Å²) in [4.78, 5) is 38.9. The van der Waals surface area contributed by atoms with Crippen molar-refractivity contribution in [3.8, 4) is 30.4 Å². The van der Waals surface area contributed by atoms with E-state index >= 15 is 0 Å². The Bertz CT molecular complexity index is 906. The van der Waals surface area contributed by atoms with Gasteiger partial charge in [0.25, 0.3) is 0 Å². The van der Waals surface area contributed by atoms with Gasteiger partial charge in [-0.25, -0.2) is 0 Å². The van der Waals surface area contributed by atoms with Crippen molar-refractivity contribution in [2.45, 2.75) is 49.6 Å². The van der Waals surface area contributed by atoms with Crippen molar-refractivity contribution >= 4 is 17.7 Å². The predicted octanol–water partition coefficient (Wildman–Crippen LogP) is 0.715. The molecule has 0 unspecified atom stereocenters. The molecule has 1 aliphatic heterocycles. The summed E-state index contributed by atoms with van der Waals surface area (Å²) in [6.45, 7) is 0.695. The number of nitrogens with one attached hydrogen (secondary N) is 1. The first-order valence-electron chi connectivity index (χ1n) is 9.94. The summed E-state index contributed by atoms with van der Waals surface area (Å²) in [5.74, 6) is 4.43. The van der Waals surface area contributed by atoms with Gasteiger partial charge >= 0.3 is 0 Å². The van der Waals surface area contributed by atoms with Gasteiger partial charge in [0.1, 0.15) is 18.4 Å². The highest BCUT2D eigenvalue weighted by Crippen LogP contribution is 2.50. The SMILES string of the molecule is C#CCOc1ccc(C2(C(=O)N3CCC[C@H]3C(=O)N[C@H](C#C)CC(N)=O)CC2)cc1. The lowest BCUT2D eigenvalue weighted by atomic mass is 9.93. The van der Waals surface area contributed by atoms with Crippen LogP contribution in [0.1, 0.15) is 37.7 Å². The monoisotopic (exact) mass is 407 g/mol. The lowest BCUT2D eigenvalue weighted by molar-refractivity contribution is -0.140. The van der Waals surface area contributed by atoms with Crippen LogP contribution in [-0.2, 0) is 19.8 Å². The average molecular weight is 407 g/mol. The maximum atomic E-state index is 13.4. The summed E-state index contributed by atoms with van der Waals surface area (Å²) in [7, 11) is 0. The zero-order valence-corrected chi connectivity index (χ0v) is 16.7. The van der Waals surface area contributed by atoms with Crippen LogP contribution in [0.5, 0.6) is 5.75 Å². The zero-order valence-electron chi connectivity index (χ0n) is 16.7. The summed E-state index contributed by atoms with van der Waals surface area (Å²) in [6, 6.07) is 5.98. The normalized spacial score (nSPS) is 19.8. The number of nitrogens with two attached hydrogens (primary N) is 1. The predicted molar refractivity (Wildman–Crippen MR) is 111 cm³/mol. The third-order valence-electron chi connectivity index (χ3n) is 5.63. The molecule has 3 amide bonds. The van der Waals surface area contributed by atoms with Crippen molar-refractivity contribution in [3.63, 3.8) is 0 Å². The molecule has 2 fully saturated rings. The first-order valence-corrected chi connectivity index (χ1v) is 9.94. The molecule has 0 bridgehead atoms. The van der Waals surface area contributed by atoms with Crippen LogP contribution in [0.25, 0.3) is 0 Å². The maximum Gasteiger partial charge on any atom is 0.243 e. The highest BCUT2D eigenvalue weighted by atomic mass is 16.5. The standard InChI is InChI=1S/C23H25N3O4/c1-3-14-30-18-9-7-16(8-10-18)23(11-12-23)22(29)26-13-5-6-19(26)21(28)25-17(4-2)15-20(24)27/h1-2,7-10,17,19H,5-6,11-15H2,(H2,24,27)(H,25,28)/t17-,19+/m1/s1. The van der Waals surface area contributed by atoms with E-state index in [1.54, 1.807) is 17.0 Å². The van der Waals surface area contributed by atoms with Gasteiger partial charge in [0.15, 0.2) is 0 Å². The second-order valence-corrected chi connectivity index (χ2v) is 7.65. The molecule has 1 aliphatic carbocycles. The highest BCUT2D eigenvalue weighted by molar-refractivity contribution is 5.96. The number of rotatable bonds is 8. The first-order chi connectivity index (χ1) is 14.4. The molecular weight excluding hydrogens is 382 g/mol. The number of nitrogens with zero attached hydrogens (tertiary/aromatic N) is 1. The van der Waals surface area contributed by atoms with Crippen LogP contribution in [0.2, 0.25) is 0 Å². The Morgan fingerprint density at radius 1 is 1.27 bits per heavy atom. The Balaban J connectivity index is 1.70. The smallest absolute Gasteiger partial charge is 0.243 e. The summed E-state index contributed by atoms with van der Waals surface area (Å²) < 4.78 is 5.39. The molecule has 0 radical (unpaired) electrons. The van der Waals surface area contributed by atoms with E-state index in [9.17, 15) is 14.4 Å². The van der Waals surface area contributed by atoms with Crippen molar-refractivity contribution in [2.75, 3.05) is 13.2 Å². The van der Waals surface area contributed by atoms with Gasteiger partial charge in [-0.1, -0.05) is 24.0 Å². The van der Waals surface area contributed by atoms with Crippen molar-refractivity contribution in [3.05, 3.63) is 29.8 Å². The summed E-state index contributed by atoms with van der Waals surface area (Å²) in [6.07, 6.45) is 13.2. The minimum absolute atomic E-state index is 0.0513. The van der Waals surface area contributed by atoms with Crippen LogP contribution >= 0.6 is 0 Å². The Morgan fingerprint density at radius 2 is 1.97 bits per heavy atom. The van der Waals surface area contributed by atoms with E-state index in [4.69, 9.17) is 23.3 Å². The topological polar surface area (TPSA) is 102 Å². The van der Waals surface area contributed by atoms with Gasteiger partial charge in [0, 0.05) is 6.54 Å². The van der Waals surface area contributed by atoms with Gasteiger partial charge in [0.05, 0.1) is 17.9 Å². The average Bonchev–Trinajstić information content (AvgIpc) is 3.40. The molecule has 30 heavy (non-hydrogen) atoms. The summed E-state index contributed by atoms with van der Waals surface area (Å²) >= 11 is 0. The molecule has 156 valence electrons. The van der Waals surface area contributed by atoms with Gasteiger partial charge in [0.2, 0.25) is 17.7 Å². The van der Waals surface area contributed by atoms with Crippen LogP contribution < -0.4 is 15.8 Å². The van der Waals surface area contributed by atoms with Gasteiger partial charge in [-0.2, -0.15) is 0 Å². The van der Waals surface area contributed by atoms with Gasteiger partial charge < -0.3 is 20.7 Å². The van der Waals surface area contributed by atoms with Crippen LogP contribution in [-0.4, -0.2) is 47.9 Å². The van der Waals surface area contributed by atoms with E-state index in [2.05, 4.69) is 17.2 Å². The second kappa shape index (κ2) is 8.92. The molecule has 2 aliphatic rings. The van der Waals surface area contributed by atoms with Crippen LogP contribution in [0.4, 0.5) is 0 Å². The molecule has 2 atom stereocenters. The summed E-state index contributed by atoms with van der Waals surface area (Å²) in [5, 5.41) is 2.66. The minimum Gasteiger partial charge on any atom is -0.481 e. The molecule has 0 aromatic heterocycles. The van der Waals surface area contributed by atoms with Gasteiger partial charge in [-0.15, -0.1) is 12.8 Å². The second-order valence-electron chi connectivity index (χ2n) is 7.65. The van der Waals surface area contributed by atoms with E-state index < -0.39 is 23.4 Å². The molecule has 3 rings (SSSR count). The molecule has 1 saturated heterocycles. The van der Waals surface area contributed by atoms with Gasteiger partial charge in [-0.05, 0) is 43.4 Å². The van der Waals surface area contributed by atoms with Crippen LogP contribution in [0.3, 0.4) is 0 Å². The number of carbonyl (C=O) groups excluding carboxylic acids is 3. The number of primary amides is 1. The Morgan fingerprint density at radius 3 is 2.53 bits per heavy atom. The number of hydrogen-bond acceptors (Lipinski definition) is 4. The fourth-order valence-electron chi connectivity index (χ4n) is 3.92. The zero-order chi connectivity index (χ0) is 21.7. The first kappa shape index (κ1) is 21.3. The van der Waals surface area contributed by atoms with E-state index in [-0.39, 0.29) is 24.8 Å². The molecular formula is C23H25N3O4. The molecule has 7 heteroatoms. The lowest BCUT2D eigenvalue weighted by Crippen LogP contribution is -2.51. The minimum atomic E-state index is -0.780. The number of amides is 3. The van der Waals surface area contributed by atoms with E-state index in [1.807, 2.05) is 12.1 Å². The lowest BCUT2D eigenvalue weighted by Gasteiger charge is -2.29. The van der Waals surface area contributed by atoms with Gasteiger partial charge in [-0.3, -0.25) is 14.4 Å².